The van der Waals surface area contributed by atoms with Crippen molar-refractivity contribution in [2.75, 3.05) is 18.0 Å². The van der Waals surface area contributed by atoms with Crippen LogP contribution in [0.2, 0.25) is 0 Å². The van der Waals surface area contributed by atoms with Crippen molar-refractivity contribution in [3.63, 3.8) is 0 Å². The van der Waals surface area contributed by atoms with Crippen LogP contribution >= 0.6 is 0 Å². The number of aromatic amines is 1. The van der Waals surface area contributed by atoms with E-state index < -0.39 is 21.9 Å². The van der Waals surface area contributed by atoms with E-state index in [9.17, 15) is 18.3 Å². The molecule has 0 saturated heterocycles. The number of H-pyrrole nitrogens is 1. The zero-order valence-corrected chi connectivity index (χ0v) is 17.6. The van der Waals surface area contributed by atoms with E-state index >= 15 is 0 Å². The maximum Gasteiger partial charge on any atom is 0.240 e. The van der Waals surface area contributed by atoms with Gasteiger partial charge in [0.2, 0.25) is 15.8 Å². The fraction of sp³-hybridized carbons (Fsp3) is 0.227. The second-order valence-electron chi connectivity index (χ2n) is 6.84. The van der Waals surface area contributed by atoms with Crippen LogP contribution < -0.4 is 9.04 Å². The third-order valence-corrected chi connectivity index (χ3v) is 6.89. The van der Waals surface area contributed by atoms with Gasteiger partial charge in [0.1, 0.15) is 11.0 Å². The van der Waals surface area contributed by atoms with Gasteiger partial charge < -0.3 is 14.8 Å². The van der Waals surface area contributed by atoms with Crippen molar-refractivity contribution in [2.45, 2.75) is 18.7 Å². The third-order valence-electron chi connectivity index (χ3n) is 4.77. The van der Waals surface area contributed by atoms with E-state index in [1.54, 1.807) is 73.8 Å². The minimum Gasteiger partial charge on any atom is -0.497 e. The molecule has 2 N–H and O–H groups in total. The highest BCUT2D eigenvalue weighted by Crippen LogP contribution is 2.24. The first-order chi connectivity index (χ1) is 14.4. The van der Waals surface area contributed by atoms with Crippen LogP contribution in [-0.2, 0) is 16.6 Å². The van der Waals surface area contributed by atoms with Crippen LogP contribution in [0.15, 0.2) is 66.7 Å². The van der Waals surface area contributed by atoms with Crippen LogP contribution in [0, 0.1) is 0 Å². The number of hydrogen-bond acceptors (Lipinski definition) is 5. The van der Waals surface area contributed by atoms with Gasteiger partial charge in [-0.25, -0.2) is 8.42 Å². The molecule has 1 unspecified atom stereocenters. The minimum absolute atomic E-state index is 0.00653. The van der Waals surface area contributed by atoms with Crippen molar-refractivity contribution in [1.29, 1.82) is 0 Å². The molecule has 0 radical (unpaired) electrons. The molecule has 0 aliphatic rings. The van der Waals surface area contributed by atoms with E-state index in [1.165, 1.54) is 11.2 Å². The number of hydrogen-bond donors (Lipinski definition) is 2. The molecule has 1 atom stereocenters. The number of rotatable bonds is 9. The molecule has 3 aromatic rings. The molecular formula is C22H24N2O5S. The van der Waals surface area contributed by atoms with Gasteiger partial charge in [-0.2, -0.15) is 0 Å². The zero-order chi connectivity index (χ0) is 21.7. The maximum absolute atomic E-state index is 13.0. The number of carbonyl (C=O) groups is 1. The Hall–Kier alpha value is -3.10. The first kappa shape index (κ1) is 21.6. The van der Waals surface area contributed by atoms with Gasteiger partial charge in [0.25, 0.3) is 0 Å². The fourth-order valence-electron chi connectivity index (χ4n) is 2.95. The quantitative estimate of drug-likeness (QED) is 0.511. The number of carbonyl (C=O) groups excluding carboxylic acids is 1. The predicted octanol–water partition coefficient (Wildman–Crippen LogP) is 2.97. The summed E-state index contributed by atoms with van der Waals surface area (Å²) < 4.78 is 32.3. The Labute approximate surface area is 176 Å². The number of nitrogens with one attached hydrogen (secondary N) is 1. The summed E-state index contributed by atoms with van der Waals surface area (Å²) in [4.78, 5) is 15.7. The van der Waals surface area contributed by atoms with Crippen molar-refractivity contribution in [1.82, 2.24) is 4.98 Å². The summed E-state index contributed by atoms with van der Waals surface area (Å²) in [6, 6.07) is 18.7. The highest BCUT2D eigenvalue weighted by atomic mass is 32.2. The molecule has 0 bridgehead atoms. The lowest BCUT2D eigenvalue weighted by Gasteiger charge is -2.26. The summed E-state index contributed by atoms with van der Waals surface area (Å²) in [5.41, 5.74) is 1.89. The Morgan fingerprint density at radius 1 is 1.07 bits per heavy atom. The van der Waals surface area contributed by atoms with Crippen LogP contribution in [0.25, 0.3) is 0 Å². The Bertz CT molecular complexity index is 1090. The number of anilines is 1. The zero-order valence-electron chi connectivity index (χ0n) is 16.8. The Kier molecular flexibility index (Phi) is 6.59. The first-order valence-corrected chi connectivity index (χ1v) is 10.9. The second kappa shape index (κ2) is 9.15. The normalized spacial score (nSPS) is 12.4. The number of nitrogens with zero attached hydrogens (tertiary/aromatic N) is 1. The van der Waals surface area contributed by atoms with E-state index in [4.69, 9.17) is 4.74 Å². The molecule has 0 fully saturated rings. The number of ether oxygens (including phenoxy) is 1. The number of benzene rings is 2. The maximum atomic E-state index is 13.0. The number of ketones is 1. The standard InChI is InChI=1S/C22H24N2O5S/c1-16(15-25)30(27,28)24(19-6-4-3-5-7-19)14-18-10-13-21(23-18)22(26)17-8-11-20(29-2)12-9-17/h3-13,16,23,25H,14-15H2,1-2H3. The van der Waals surface area contributed by atoms with Gasteiger partial charge in [-0.1, -0.05) is 18.2 Å². The highest BCUT2D eigenvalue weighted by Gasteiger charge is 2.29. The number of aliphatic hydroxyl groups is 1. The number of methoxy groups -OCH3 is 1. The summed E-state index contributed by atoms with van der Waals surface area (Å²) in [6.45, 7) is 0.975. The Morgan fingerprint density at radius 3 is 2.33 bits per heavy atom. The van der Waals surface area contributed by atoms with Crippen LogP contribution in [0.1, 0.15) is 28.7 Å². The molecule has 3 rings (SSSR count). The van der Waals surface area contributed by atoms with Gasteiger partial charge in [0.05, 0.1) is 31.6 Å². The van der Waals surface area contributed by atoms with Crippen molar-refractivity contribution in [3.05, 3.63) is 83.7 Å². The van der Waals surface area contributed by atoms with E-state index in [2.05, 4.69) is 4.98 Å². The first-order valence-electron chi connectivity index (χ1n) is 9.41. The molecule has 0 aliphatic carbocycles. The molecule has 2 aromatic carbocycles. The van der Waals surface area contributed by atoms with Crippen molar-refractivity contribution < 1.29 is 23.1 Å². The fourth-order valence-corrected chi connectivity index (χ4v) is 4.31. The summed E-state index contributed by atoms with van der Waals surface area (Å²) in [7, 11) is -2.25. The number of para-hydroxylation sites is 1. The molecule has 7 nitrogen and oxygen atoms in total. The molecular weight excluding hydrogens is 404 g/mol. The monoisotopic (exact) mass is 428 g/mol. The number of aromatic nitrogens is 1. The summed E-state index contributed by atoms with van der Waals surface area (Å²) in [6.07, 6.45) is 0. The van der Waals surface area contributed by atoms with Crippen molar-refractivity contribution in [3.8, 4) is 5.75 Å². The van der Waals surface area contributed by atoms with E-state index in [1.807, 2.05) is 0 Å². The van der Waals surface area contributed by atoms with Crippen LogP contribution in [-0.4, -0.2) is 43.3 Å². The summed E-state index contributed by atoms with van der Waals surface area (Å²) in [5.74, 6) is 0.446. The molecule has 1 heterocycles. The van der Waals surface area contributed by atoms with E-state index in [-0.39, 0.29) is 12.3 Å². The van der Waals surface area contributed by atoms with Gasteiger partial charge in [-0.3, -0.25) is 9.10 Å². The highest BCUT2D eigenvalue weighted by molar-refractivity contribution is 7.93. The number of sulfonamides is 1. The smallest absolute Gasteiger partial charge is 0.240 e. The Morgan fingerprint density at radius 2 is 1.73 bits per heavy atom. The molecule has 8 heteroatoms. The average Bonchev–Trinajstić information content (AvgIpc) is 3.25. The molecule has 30 heavy (non-hydrogen) atoms. The van der Waals surface area contributed by atoms with E-state index in [0.717, 1.165) is 0 Å². The van der Waals surface area contributed by atoms with Gasteiger partial charge >= 0.3 is 0 Å². The lowest BCUT2D eigenvalue weighted by atomic mass is 10.1. The largest absolute Gasteiger partial charge is 0.497 e. The van der Waals surface area contributed by atoms with Gasteiger partial charge in [-0.05, 0) is 55.5 Å². The van der Waals surface area contributed by atoms with Crippen molar-refractivity contribution in [2.24, 2.45) is 0 Å². The van der Waals surface area contributed by atoms with Crippen LogP contribution in [0.5, 0.6) is 5.75 Å². The minimum atomic E-state index is -3.81. The van der Waals surface area contributed by atoms with Gasteiger partial charge in [0.15, 0.2) is 0 Å². The lowest BCUT2D eigenvalue weighted by Crippen LogP contribution is -2.39. The molecule has 158 valence electrons. The SMILES string of the molecule is COc1ccc(C(=O)c2ccc(CN(c3ccccc3)S(=O)(=O)C(C)CO)[nH]2)cc1. The van der Waals surface area contributed by atoms with E-state index in [0.29, 0.717) is 28.4 Å². The van der Waals surface area contributed by atoms with Gasteiger partial charge in [0, 0.05) is 11.3 Å². The van der Waals surface area contributed by atoms with Crippen LogP contribution in [0.3, 0.4) is 0 Å². The molecule has 0 spiro atoms. The van der Waals surface area contributed by atoms with Crippen molar-refractivity contribution >= 4 is 21.5 Å². The average molecular weight is 429 g/mol. The molecule has 0 amide bonds. The third kappa shape index (κ3) is 4.55. The predicted molar refractivity (Wildman–Crippen MR) is 115 cm³/mol. The lowest BCUT2D eigenvalue weighted by molar-refractivity contribution is 0.103. The molecule has 0 saturated carbocycles. The second-order valence-corrected chi connectivity index (χ2v) is 9.11. The summed E-state index contributed by atoms with van der Waals surface area (Å²) in [5, 5.41) is 8.44. The molecule has 1 aromatic heterocycles. The number of aliphatic hydroxyl groups excluding tert-OH is 1. The topological polar surface area (TPSA) is 99.7 Å². The summed E-state index contributed by atoms with van der Waals surface area (Å²) >= 11 is 0. The molecule has 0 aliphatic heterocycles. The van der Waals surface area contributed by atoms with Crippen LogP contribution in [0.4, 0.5) is 5.69 Å². The van der Waals surface area contributed by atoms with Gasteiger partial charge in [-0.15, -0.1) is 0 Å². The Balaban J connectivity index is 1.87.